The molecule has 2 aliphatic carbocycles. The molecule has 0 radical (unpaired) electrons. The van der Waals surface area contributed by atoms with Crippen LogP contribution in [0, 0.1) is 5.92 Å². The fraction of sp³-hybridized carbons (Fsp3) is 0.208. The Morgan fingerprint density at radius 1 is 0.542 bits per heavy atom. The van der Waals surface area contributed by atoms with Gasteiger partial charge in [-0.15, -0.1) is 0 Å². The molecule has 7 rings (SSSR count). The van der Waals surface area contributed by atoms with E-state index < -0.39 is 0 Å². The smallest absolute Gasteiger partial charge is 0.0252 e. The Morgan fingerprint density at radius 3 is 1.56 bits per heavy atom. The molecular formula is C48H46. The van der Waals surface area contributed by atoms with E-state index in [0.29, 0.717) is 0 Å². The van der Waals surface area contributed by atoms with Crippen LogP contribution in [-0.2, 0) is 0 Å². The van der Waals surface area contributed by atoms with Crippen molar-refractivity contribution in [3.63, 3.8) is 0 Å². The summed E-state index contributed by atoms with van der Waals surface area (Å²) in [7, 11) is 0. The van der Waals surface area contributed by atoms with Gasteiger partial charge in [0.15, 0.2) is 0 Å². The molecule has 0 N–H and O–H groups in total. The van der Waals surface area contributed by atoms with Crippen molar-refractivity contribution < 1.29 is 0 Å². The molecule has 48 heavy (non-hydrogen) atoms. The number of hydrogen-bond acceptors (Lipinski definition) is 0. The Bertz CT molecular complexity index is 1920. The zero-order chi connectivity index (χ0) is 32.7. The fourth-order valence-electron chi connectivity index (χ4n) is 7.92. The van der Waals surface area contributed by atoms with Crippen molar-refractivity contribution in [2.75, 3.05) is 0 Å². The summed E-state index contributed by atoms with van der Waals surface area (Å²) in [6.07, 6.45) is 10.7. The lowest BCUT2D eigenvalue weighted by Gasteiger charge is -2.21. The van der Waals surface area contributed by atoms with E-state index in [1.807, 2.05) is 0 Å². The van der Waals surface area contributed by atoms with Gasteiger partial charge in [-0.1, -0.05) is 184 Å². The van der Waals surface area contributed by atoms with Crippen LogP contribution in [0.25, 0.3) is 16.7 Å². The van der Waals surface area contributed by atoms with Gasteiger partial charge in [-0.2, -0.15) is 0 Å². The number of unbranched alkanes of at least 4 members (excludes halogenated alkanes) is 2. The van der Waals surface area contributed by atoms with Crippen LogP contribution in [0.15, 0.2) is 174 Å². The quantitative estimate of drug-likeness (QED) is 0.145. The summed E-state index contributed by atoms with van der Waals surface area (Å²) >= 11 is 0. The van der Waals surface area contributed by atoms with E-state index in [1.54, 1.807) is 11.1 Å². The topological polar surface area (TPSA) is 0 Å². The van der Waals surface area contributed by atoms with Crippen LogP contribution in [0.4, 0.5) is 0 Å². The highest BCUT2D eigenvalue weighted by molar-refractivity contribution is 5.97. The number of allylic oxidation sites excluding steroid dienone is 5. The molecule has 0 heterocycles. The molecule has 0 saturated heterocycles. The van der Waals surface area contributed by atoms with Crippen LogP contribution >= 0.6 is 0 Å². The van der Waals surface area contributed by atoms with Crippen molar-refractivity contribution in [1.29, 1.82) is 0 Å². The molecule has 0 heteroatoms. The standard InChI is InChI=1S/C48H46/c1-3-5-21-38(22-6-4-2)48-43-33-42(35-23-11-7-12-24-35)40-31-19-20-32-41(40)47(39-29-17-10-18-30-39)44(43)34-45(48)46(36-25-13-8-14-26-36)37-27-15-9-16-28-37/h7-20,23-33,43H,3-6,21-22,34H2,1-2H3. The minimum atomic E-state index is 0.184. The monoisotopic (exact) mass is 622 g/mol. The number of benzene rings is 5. The van der Waals surface area contributed by atoms with E-state index in [2.05, 4.69) is 166 Å². The van der Waals surface area contributed by atoms with E-state index in [0.717, 1.165) is 19.3 Å². The average molecular weight is 623 g/mol. The van der Waals surface area contributed by atoms with Crippen LogP contribution in [0.5, 0.6) is 0 Å². The number of fused-ring (bicyclic) bond motifs is 2. The molecule has 5 aromatic rings. The van der Waals surface area contributed by atoms with Gasteiger partial charge in [-0.3, -0.25) is 0 Å². The maximum absolute atomic E-state index is 2.65. The molecular weight excluding hydrogens is 577 g/mol. The van der Waals surface area contributed by atoms with Crippen LogP contribution in [0.2, 0.25) is 0 Å². The first kappa shape index (κ1) is 31.6. The third-order valence-corrected chi connectivity index (χ3v) is 10.1. The highest BCUT2D eigenvalue weighted by atomic mass is 14.4. The van der Waals surface area contributed by atoms with Crippen molar-refractivity contribution in [1.82, 2.24) is 0 Å². The maximum Gasteiger partial charge on any atom is 0.0252 e. The van der Waals surface area contributed by atoms with Crippen molar-refractivity contribution in [2.24, 2.45) is 5.92 Å². The Balaban J connectivity index is 1.63. The lowest BCUT2D eigenvalue weighted by atomic mass is 9.83. The molecule has 5 aromatic carbocycles. The zero-order valence-corrected chi connectivity index (χ0v) is 28.5. The molecule has 0 bridgehead atoms. The summed E-state index contributed by atoms with van der Waals surface area (Å²) in [5, 5.41) is 0. The van der Waals surface area contributed by atoms with Gasteiger partial charge in [0.2, 0.25) is 0 Å². The summed E-state index contributed by atoms with van der Waals surface area (Å²) in [5.74, 6) is 0.184. The van der Waals surface area contributed by atoms with E-state index in [1.165, 1.54) is 86.9 Å². The first-order chi connectivity index (χ1) is 23.8. The van der Waals surface area contributed by atoms with Gasteiger partial charge < -0.3 is 0 Å². The third-order valence-electron chi connectivity index (χ3n) is 10.1. The predicted molar refractivity (Wildman–Crippen MR) is 206 cm³/mol. The molecule has 0 aromatic heterocycles. The highest BCUT2D eigenvalue weighted by Crippen LogP contribution is 2.55. The van der Waals surface area contributed by atoms with Crippen LogP contribution in [0.3, 0.4) is 0 Å². The highest BCUT2D eigenvalue weighted by Gasteiger charge is 2.38. The molecule has 0 amide bonds. The summed E-state index contributed by atoms with van der Waals surface area (Å²) < 4.78 is 0. The van der Waals surface area contributed by atoms with Gasteiger partial charge in [-0.05, 0) is 98.9 Å². The molecule has 1 fully saturated rings. The van der Waals surface area contributed by atoms with Gasteiger partial charge in [0.25, 0.3) is 0 Å². The predicted octanol–water partition coefficient (Wildman–Crippen LogP) is 13.1. The molecule has 0 spiro atoms. The maximum atomic E-state index is 2.65. The van der Waals surface area contributed by atoms with Gasteiger partial charge >= 0.3 is 0 Å². The average Bonchev–Trinajstić information content (AvgIpc) is 3.43. The number of hydrogen-bond donors (Lipinski definition) is 0. The van der Waals surface area contributed by atoms with Gasteiger partial charge in [0.05, 0.1) is 0 Å². The number of rotatable bonds is 10. The summed E-state index contributed by atoms with van der Waals surface area (Å²) in [6, 6.07) is 53.7. The van der Waals surface area contributed by atoms with Crippen molar-refractivity contribution >= 4 is 16.7 Å². The van der Waals surface area contributed by atoms with Gasteiger partial charge in [0, 0.05) is 5.92 Å². The second kappa shape index (κ2) is 14.9. The lowest BCUT2D eigenvalue weighted by Crippen LogP contribution is -2.05. The first-order valence-corrected chi connectivity index (χ1v) is 18.0. The largest absolute Gasteiger partial charge is 0.0658 e. The van der Waals surface area contributed by atoms with Crippen molar-refractivity contribution in [3.8, 4) is 0 Å². The Morgan fingerprint density at radius 2 is 1.02 bits per heavy atom. The zero-order valence-electron chi connectivity index (χ0n) is 28.5. The Hall–Kier alpha value is -4.94. The minimum Gasteiger partial charge on any atom is -0.0658 e. The summed E-state index contributed by atoms with van der Waals surface area (Å²) in [5.41, 5.74) is 18.2. The fourth-order valence-corrected chi connectivity index (χ4v) is 7.92. The minimum absolute atomic E-state index is 0.184. The molecule has 238 valence electrons. The Labute approximate surface area is 287 Å². The second-order valence-corrected chi connectivity index (χ2v) is 13.2. The Kier molecular flexibility index (Phi) is 9.80. The van der Waals surface area contributed by atoms with E-state index >= 15 is 0 Å². The van der Waals surface area contributed by atoms with Crippen LogP contribution in [-0.4, -0.2) is 0 Å². The summed E-state index contributed by atoms with van der Waals surface area (Å²) in [4.78, 5) is 0. The van der Waals surface area contributed by atoms with E-state index in [9.17, 15) is 0 Å². The normalized spacial score (nSPS) is 15.5. The molecule has 1 unspecified atom stereocenters. The molecule has 2 aliphatic rings. The van der Waals surface area contributed by atoms with Gasteiger partial charge in [-0.25, -0.2) is 0 Å². The van der Waals surface area contributed by atoms with Crippen LogP contribution < -0.4 is 0 Å². The molecule has 0 nitrogen and oxygen atoms in total. The van der Waals surface area contributed by atoms with E-state index in [-0.39, 0.29) is 5.92 Å². The van der Waals surface area contributed by atoms with Gasteiger partial charge in [0.1, 0.15) is 0 Å². The van der Waals surface area contributed by atoms with Crippen molar-refractivity contribution in [2.45, 2.75) is 58.8 Å². The summed E-state index contributed by atoms with van der Waals surface area (Å²) in [6.45, 7) is 4.67. The first-order valence-electron chi connectivity index (χ1n) is 18.0. The van der Waals surface area contributed by atoms with Crippen molar-refractivity contribution in [3.05, 3.63) is 207 Å². The lowest BCUT2D eigenvalue weighted by molar-refractivity contribution is 0.698. The molecule has 0 aliphatic heterocycles. The SMILES string of the molecule is CCCCC(CCCC)=C1C(=C(c2ccccc2)c2ccccc2)CC2=C(c3ccccc3)c3ccccc3C(c3ccccc3)=CC21. The second-order valence-electron chi connectivity index (χ2n) is 13.2. The molecule has 1 saturated carbocycles. The molecule has 1 atom stereocenters. The van der Waals surface area contributed by atoms with E-state index in [4.69, 9.17) is 0 Å². The third kappa shape index (κ3) is 6.33. The van der Waals surface area contributed by atoms with Crippen LogP contribution in [0.1, 0.15) is 92.2 Å².